The van der Waals surface area contributed by atoms with Crippen molar-refractivity contribution in [3.05, 3.63) is 34.3 Å². The van der Waals surface area contributed by atoms with Crippen molar-refractivity contribution < 1.29 is 14.6 Å². The molecule has 1 heterocycles. The van der Waals surface area contributed by atoms with Gasteiger partial charge in [-0.3, -0.25) is 0 Å². The molecule has 1 unspecified atom stereocenters. The molecule has 2 N–H and O–H groups in total. The number of rotatable bonds is 4. The predicted molar refractivity (Wildman–Crippen MR) is 83.2 cm³/mol. The van der Waals surface area contributed by atoms with Gasteiger partial charge in [0.15, 0.2) is 0 Å². The molecule has 2 fully saturated rings. The second kappa shape index (κ2) is 5.71. The van der Waals surface area contributed by atoms with E-state index in [0.717, 1.165) is 29.3 Å². The Kier molecular flexibility index (Phi) is 4.08. The van der Waals surface area contributed by atoms with E-state index in [9.17, 15) is 4.79 Å². The summed E-state index contributed by atoms with van der Waals surface area (Å²) in [6.07, 6.45) is 5.64. The fourth-order valence-corrected chi connectivity index (χ4v) is 4.01. The molecule has 5 heteroatoms. The van der Waals surface area contributed by atoms with E-state index in [0.29, 0.717) is 6.54 Å². The number of halogens is 1. The van der Waals surface area contributed by atoms with E-state index in [4.69, 9.17) is 9.84 Å². The van der Waals surface area contributed by atoms with Crippen LogP contribution < -0.4 is 5.32 Å². The molecule has 0 radical (unpaired) electrons. The first-order chi connectivity index (χ1) is 10.0. The Balaban J connectivity index is 1.88. The summed E-state index contributed by atoms with van der Waals surface area (Å²) in [5.74, 6) is -0.918. The smallest absolute Gasteiger partial charge is 0.329 e. The topological polar surface area (TPSA) is 58.6 Å². The van der Waals surface area contributed by atoms with Crippen LogP contribution >= 0.6 is 15.9 Å². The largest absolute Gasteiger partial charge is 0.480 e. The number of carboxylic acids is 1. The summed E-state index contributed by atoms with van der Waals surface area (Å²) in [6.45, 7) is 0.426. The number of benzene rings is 1. The summed E-state index contributed by atoms with van der Waals surface area (Å²) in [4.78, 5) is 10.9. The van der Waals surface area contributed by atoms with Crippen molar-refractivity contribution in [2.45, 2.75) is 43.2 Å². The van der Waals surface area contributed by atoms with E-state index < -0.39 is 11.6 Å². The quantitative estimate of drug-likeness (QED) is 0.873. The second-order valence-electron chi connectivity index (χ2n) is 6.20. The molecule has 1 atom stereocenters. The average Bonchev–Trinajstić information content (AvgIpc) is 3.07. The van der Waals surface area contributed by atoms with Crippen LogP contribution in [0.25, 0.3) is 0 Å². The molecular formula is C16H20BrNO3. The number of hydrogen-bond donors (Lipinski definition) is 2. The Bertz CT molecular complexity index is 525. The molecule has 1 aliphatic carbocycles. The number of ether oxygens (including phenoxy) is 1. The minimum atomic E-state index is -0.918. The van der Waals surface area contributed by atoms with Crippen molar-refractivity contribution in [2.75, 3.05) is 13.2 Å². The van der Waals surface area contributed by atoms with Gasteiger partial charge in [-0.2, -0.15) is 0 Å². The van der Waals surface area contributed by atoms with Crippen LogP contribution in [-0.4, -0.2) is 29.8 Å². The fourth-order valence-electron chi connectivity index (χ4n) is 3.75. The molecule has 4 nitrogen and oxygen atoms in total. The summed E-state index contributed by atoms with van der Waals surface area (Å²) in [6, 6.07) is 8.03. The second-order valence-corrected chi connectivity index (χ2v) is 7.12. The molecule has 21 heavy (non-hydrogen) atoms. The van der Waals surface area contributed by atoms with Crippen molar-refractivity contribution in [2.24, 2.45) is 0 Å². The van der Waals surface area contributed by atoms with Gasteiger partial charge in [0, 0.05) is 23.0 Å². The number of carbonyl (C=O) groups is 1. The van der Waals surface area contributed by atoms with Crippen molar-refractivity contribution in [3.63, 3.8) is 0 Å². The third-order valence-corrected chi connectivity index (χ3v) is 5.30. The lowest BCUT2D eigenvalue weighted by molar-refractivity contribution is -0.149. The number of aliphatic carboxylic acids is 1. The average molecular weight is 354 g/mol. The third-order valence-electron chi connectivity index (χ3n) is 4.78. The maximum Gasteiger partial charge on any atom is 0.329 e. The lowest BCUT2D eigenvalue weighted by Gasteiger charge is -2.31. The highest BCUT2D eigenvalue weighted by molar-refractivity contribution is 9.10. The van der Waals surface area contributed by atoms with Gasteiger partial charge in [0.2, 0.25) is 0 Å². The van der Waals surface area contributed by atoms with Gasteiger partial charge >= 0.3 is 5.97 Å². The van der Waals surface area contributed by atoms with Gasteiger partial charge in [-0.15, -0.1) is 0 Å². The zero-order valence-electron chi connectivity index (χ0n) is 11.9. The minimum Gasteiger partial charge on any atom is -0.480 e. The molecule has 3 rings (SSSR count). The van der Waals surface area contributed by atoms with Crippen LogP contribution in [0, 0.1) is 0 Å². The SMILES string of the molecule is O=C(O)COC1(c2ccc(Br)cc2)CNC2(CCCC2)C1. The first-order valence-electron chi connectivity index (χ1n) is 7.41. The molecule has 0 amide bonds. The molecule has 1 aromatic rings. The van der Waals surface area contributed by atoms with Crippen molar-refractivity contribution in [3.8, 4) is 0 Å². The summed E-state index contributed by atoms with van der Waals surface area (Å²) in [7, 11) is 0. The molecule has 1 aromatic carbocycles. The fraction of sp³-hybridized carbons (Fsp3) is 0.562. The molecule has 1 spiro atoms. The maximum atomic E-state index is 10.9. The predicted octanol–water partition coefficient (Wildman–Crippen LogP) is 3.05. The Labute approximate surface area is 133 Å². The van der Waals surface area contributed by atoms with Gasteiger partial charge in [-0.25, -0.2) is 4.79 Å². The van der Waals surface area contributed by atoms with E-state index in [1.807, 2.05) is 24.3 Å². The Hall–Kier alpha value is -0.910. The molecule has 114 valence electrons. The van der Waals surface area contributed by atoms with Gasteiger partial charge in [0.1, 0.15) is 12.2 Å². The van der Waals surface area contributed by atoms with E-state index in [2.05, 4.69) is 21.2 Å². The molecule has 0 aromatic heterocycles. The van der Waals surface area contributed by atoms with Gasteiger partial charge in [-0.1, -0.05) is 40.9 Å². The van der Waals surface area contributed by atoms with Gasteiger partial charge < -0.3 is 15.2 Å². The monoisotopic (exact) mass is 353 g/mol. The van der Waals surface area contributed by atoms with Gasteiger partial charge in [-0.05, 0) is 30.5 Å². The van der Waals surface area contributed by atoms with E-state index in [-0.39, 0.29) is 12.1 Å². The molecule has 1 saturated carbocycles. The lowest BCUT2D eigenvalue weighted by atomic mass is 9.84. The molecule has 2 aliphatic rings. The summed E-state index contributed by atoms with van der Waals surface area (Å²) in [5.41, 5.74) is 0.665. The van der Waals surface area contributed by atoms with Crippen LogP contribution in [0.2, 0.25) is 0 Å². The zero-order chi connectivity index (χ0) is 14.9. The molecule has 1 saturated heterocycles. The van der Waals surface area contributed by atoms with E-state index in [1.54, 1.807) is 0 Å². The van der Waals surface area contributed by atoms with Crippen LogP contribution in [0.3, 0.4) is 0 Å². The van der Waals surface area contributed by atoms with Crippen LogP contribution in [0.15, 0.2) is 28.7 Å². The standard InChI is InChI=1S/C16H20BrNO3/c17-13-5-3-12(4-6-13)16(21-9-14(19)20)10-15(18-11-16)7-1-2-8-15/h3-6,18H,1-2,7-11H2,(H,19,20). The normalized spacial score (nSPS) is 27.3. The Morgan fingerprint density at radius 2 is 1.95 bits per heavy atom. The summed E-state index contributed by atoms with van der Waals surface area (Å²) < 4.78 is 6.90. The van der Waals surface area contributed by atoms with Gasteiger partial charge in [0.25, 0.3) is 0 Å². The lowest BCUT2D eigenvalue weighted by Crippen LogP contribution is -2.35. The van der Waals surface area contributed by atoms with Crippen molar-refractivity contribution in [1.82, 2.24) is 5.32 Å². The van der Waals surface area contributed by atoms with Crippen LogP contribution in [0.5, 0.6) is 0 Å². The highest BCUT2D eigenvalue weighted by Gasteiger charge is 2.50. The molecular weight excluding hydrogens is 334 g/mol. The zero-order valence-corrected chi connectivity index (χ0v) is 13.5. The number of carboxylic acid groups (broad SMARTS) is 1. The maximum absolute atomic E-state index is 10.9. The van der Waals surface area contributed by atoms with Crippen LogP contribution in [-0.2, 0) is 15.1 Å². The highest BCUT2D eigenvalue weighted by atomic mass is 79.9. The van der Waals surface area contributed by atoms with Crippen LogP contribution in [0.1, 0.15) is 37.7 Å². The molecule has 1 aliphatic heterocycles. The van der Waals surface area contributed by atoms with Crippen molar-refractivity contribution in [1.29, 1.82) is 0 Å². The van der Waals surface area contributed by atoms with E-state index >= 15 is 0 Å². The first kappa shape index (κ1) is 15.0. The van der Waals surface area contributed by atoms with Gasteiger partial charge in [0.05, 0.1) is 0 Å². The summed E-state index contributed by atoms with van der Waals surface area (Å²) >= 11 is 3.44. The Morgan fingerprint density at radius 1 is 1.29 bits per heavy atom. The highest BCUT2D eigenvalue weighted by Crippen LogP contribution is 2.46. The van der Waals surface area contributed by atoms with Crippen molar-refractivity contribution >= 4 is 21.9 Å². The summed E-state index contributed by atoms with van der Waals surface area (Å²) in [5, 5.41) is 12.6. The number of hydrogen-bond acceptors (Lipinski definition) is 3. The third kappa shape index (κ3) is 3.00. The van der Waals surface area contributed by atoms with E-state index in [1.165, 1.54) is 12.8 Å². The number of nitrogens with one attached hydrogen (secondary N) is 1. The minimum absolute atomic E-state index is 0.131. The van der Waals surface area contributed by atoms with Crippen LogP contribution in [0.4, 0.5) is 0 Å². The first-order valence-corrected chi connectivity index (χ1v) is 8.20. The Morgan fingerprint density at radius 3 is 2.57 bits per heavy atom. The molecule has 0 bridgehead atoms.